The highest BCUT2D eigenvalue weighted by Gasteiger charge is 2.25. The summed E-state index contributed by atoms with van der Waals surface area (Å²) in [6.45, 7) is 0. The lowest BCUT2D eigenvalue weighted by molar-refractivity contribution is 0.669. The van der Waals surface area contributed by atoms with E-state index in [1.807, 2.05) is 28.7 Å². The third-order valence-corrected chi connectivity index (χ3v) is 12.6. The van der Waals surface area contributed by atoms with Gasteiger partial charge >= 0.3 is 0 Å². The van der Waals surface area contributed by atoms with Crippen molar-refractivity contribution >= 4 is 102 Å². The molecule has 0 saturated carbocycles. The minimum absolute atomic E-state index is 0.871. The molecule has 0 atom stereocenters. The van der Waals surface area contributed by atoms with Crippen molar-refractivity contribution in [1.29, 1.82) is 0 Å². The molecular formula is C48H29NOS2. The van der Waals surface area contributed by atoms with E-state index in [9.17, 15) is 0 Å². The number of benzene rings is 8. The van der Waals surface area contributed by atoms with Gasteiger partial charge < -0.3 is 9.32 Å². The SMILES string of the molecule is c1ccc(-c2c(-c3cccc4sc5ccccc5c34)cccc2N(c2ccc3c(c2)sc2ccccc23)c2cccc3c2oc2ccccc23)cc1. The van der Waals surface area contributed by atoms with Gasteiger partial charge in [-0.1, -0.05) is 127 Å². The highest BCUT2D eigenvalue weighted by atomic mass is 32.1. The quantitative estimate of drug-likeness (QED) is 0.178. The molecule has 0 bridgehead atoms. The van der Waals surface area contributed by atoms with Crippen LogP contribution in [-0.4, -0.2) is 0 Å². The van der Waals surface area contributed by atoms with E-state index in [1.165, 1.54) is 57.0 Å². The molecule has 52 heavy (non-hydrogen) atoms. The average Bonchev–Trinajstić information content (AvgIpc) is 3.90. The standard InChI is InChI=1S/C48H29NOS2/c1-2-13-30(14-3-1)46-35(36-19-12-26-44-47(36)38-17-6-9-25-43(38)51-44)18-10-21-39(46)49(31-27-28-34-33-16-5-8-24-42(33)52-45(34)29-31)40-22-11-20-37-32-15-4-7-23-41(32)50-48(37)40/h1-29H. The van der Waals surface area contributed by atoms with Gasteiger partial charge in [-0.15, -0.1) is 22.7 Å². The molecule has 244 valence electrons. The van der Waals surface area contributed by atoms with Gasteiger partial charge in [0.15, 0.2) is 5.58 Å². The molecule has 3 aromatic heterocycles. The van der Waals surface area contributed by atoms with Crippen LogP contribution in [0.4, 0.5) is 17.1 Å². The van der Waals surface area contributed by atoms with Gasteiger partial charge in [0.05, 0.1) is 11.4 Å². The lowest BCUT2D eigenvalue weighted by Gasteiger charge is -2.29. The molecule has 0 amide bonds. The summed E-state index contributed by atoms with van der Waals surface area (Å²) in [6, 6.07) is 63.7. The highest BCUT2D eigenvalue weighted by Crippen LogP contribution is 2.51. The third kappa shape index (κ3) is 4.48. The van der Waals surface area contributed by atoms with Crippen LogP contribution in [0.15, 0.2) is 180 Å². The number of rotatable bonds is 5. The third-order valence-electron chi connectivity index (χ3n) is 10.3. The van der Waals surface area contributed by atoms with Crippen molar-refractivity contribution in [2.24, 2.45) is 0 Å². The van der Waals surface area contributed by atoms with Crippen LogP contribution in [0, 0.1) is 0 Å². The summed E-state index contributed by atoms with van der Waals surface area (Å²) in [6.07, 6.45) is 0. The van der Waals surface area contributed by atoms with Crippen molar-refractivity contribution in [2.75, 3.05) is 4.90 Å². The summed E-state index contributed by atoms with van der Waals surface area (Å²) in [5.74, 6) is 0. The second kappa shape index (κ2) is 11.7. The largest absolute Gasteiger partial charge is 0.454 e. The van der Waals surface area contributed by atoms with E-state index in [-0.39, 0.29) is 0 Å². The van der Waals surface area contributed by atoms with Gasteiger partial charge in [0.25, 0.3) is 0 Å². The fraction of sp³-hybridized carbons (Fsp3) is 0. The zero-order chi connectivity index (χ0) is 34.2. The molecule has 0 unspecified atom stereocenters. The Bertz CT molecular complexity index is 3150. The van der Waals surface area contributed by atoms with Gasteiger partial charge in [0, 0.05) is 62.4 Å². The molecule has 0 N–H and O–H groups in total. The fourth-order valence-electron chi connectivity index (χ4n) is 8.03. The summed E-state index contributed by atoms with van der Waals surface area (Å²) < 4.78 is 11.9. The Hall–Kier alpha value is -6.20. The maximum absolute atomic E-state index is 6.76. The van der Waals surface area contributed by atoms with E-state index in [4.69, 9.17) is 4.42 Å². The van der Waals surface area contributed by atoms with Crippen LogP contribution < -0.4 is 4.90 Å². The normalized spacial score (nSPS) is 11.8. The van der Waals surface area contributed by atoms with Crippen molar-refractivity contribution in [3.63, 3.8) is 0 Å². The van der Waals surface area contributed by atoms with E-state index in [1.54, 1.807) is 0 Å². The average molecular weight is 700 g/mol. The van der Waals surface area contributed by atoms with Crippen molar-refractivity contribution in [1.82, 2.24) is 0 Å². The summed E-state index contributed by atoms with van der Waals surface area (Å²) in [7, 11) is 0. The molecule has 0 radical (unpaired) electrons. The molecular weight excluding hydrogens is 671 g/mol. The molecule has 0 aliphatic rings. The van der Waals surface area contributed by atoms with E-state index >= 15 is 0 Å². The Morgan fingerprint density at radius 2 is 1.02 bits per heavy atom. The molecule has 11 rings (SSSR count). The highest BCUT2D eigenvalue weighted by molar-refractivity contribution is 7.26. The van der Waals surface area contributed by atoms with Gasteiger partial charge in [-0.3, -0.25) is 0 Å². The maximum Gasteiger partial charge on any atom is 0.159 e. The molecule has 0 aliphatic carbocycles. The molecule has 4 heteroatoms. The van der Waals surface area contributed by atoms with E-state index in [0.29, 0.717) is 0 Å². The number of anilines is 3. The van der Waals surface area contributed by atoms with Crippen molar-refractivity contribution in [3.05, 3.63) is 176 Å². The van der Waals surface area contributed by atoms with Crippen LogP contribution in [0.1, 0.15) is 0 Å². The van der Waals surface area contributed by atoms with E-state index in [2.05, 4.69) is 175 Å². The molecule has 8 aromatic carbocycles. The molecule has 0 saturated heterocycles. The van der Waals surface area contributed by atoms with Crippen molar-refractivity contribution in [3.8, 4) is 22.3 Å². The zero-order valence-electron chi connectivity index (χ0n) is 27.9. The Morgan fingerprint density at radius 3 is 1.90 bits per heavy atom. The summed E-state index contributed by atoms with van der Waals surface area (Å²) in [5, 5.41) is 7.39. The number of hydrogen-bond acceptors (Lipinski definition) is 4. The summed E-state index contributed by atoms with van der Waals surface area (Å²) >= 11 is 3.71. The minimum atomic E-state index is 0.871. The number of fused-ring (bicyclic) bond motifs is 9. The zero-order valence-corrected chi connectivity index (χ0v) is 29.5. The van der Waals surface area contributed by atoms with Crippen LogP contribution in [0.2, 0.25) is 0 Å². The van der Waals surface area contributed by atoms with Gasteiger partial charge in [-0.25, -0.2) is 0 Å². The first-order valence-corrected chi connectivity index (χ1v) is 19.1. The Balaban J connectivity index is 1.25. The maximum atomic E-state index is 6.76. The van der Waals surface area contributed by atoms with Crippen molar-refractivity contribution < 1.29 is 4.42 Å². The molecule has 3 heterocycles. The minimum Gasteiger partial charge on any atom is -0.454 e. The first kappa shape index (κ1) is 29.5. The van der Waals surface area contributed by atoms with Crippen LogP contribution >= 0.6 is 22.7 Å². The molecule has 2 nitrogen and oxygen atoms in total. The van der Waals surface area contributed by atoms with Gasteiger partial charge in [0.2, 0.25) is 0 Å². The number of thiophene rings is 2. The Labute approximate surface area is 308 Å². The lowest BCUT2D eigenvalue weighted by atomic mass is 9.90. The van der Waals surface area contributed by atoms with Gasteiger partial charge in [-0.05, 0) is 65.2 Å². The molecule has 0 aliphatic heterocycles. The number of hydrogen-bond donors (Lipinski definition) is 0. The number of para-hydroxylation sites is 2. The van der Waals surface area contributed by atoms with E-state index in [0.717, 1.165) is 44.6 Å². The van der Waals surface area contributed by atoms with Gasteiger partial charge in [0.1, 0.15) is 5.58 Å². The fourth-order valence-corrected chi connectivity index (χ4v) is 10.3. The van der Waals surface area contributed by atoms with Gasteiger partial charge in [-0.2, -0.15) is 0 Å². The first-order valence-electron chi connectivity index (χ1n) is 17.5. The lowest BCUT2D eigenvalue weighted by Crippen LogP contribution is -2.12. The second-order valence-electron chi connectivity index (χ2n) is 13.2. The first-order chi connectivity index (χ1) is 25.8. The van der Waals surface area contributed by atoms with Crippen LogP contribution in [0.3, 0.4) is 0 Å². The Morgan fingerprint density at radius 1 is 0.404 bits per heavy atom. The monoisotopic (exact) mass is 699 g/mol. The predicted octanol–water partition coefficient (Wildman–Crippen LogP) is 15.1. The van der Waals surface area contributed by atoms with Crippen LogP contribution in [0.5, 0.6) is 0 Å². The molecule has 0 spiro atoms. The second-order valence-corrected chi connectivity index (χ2v) is 15.4. The number of nitrogens with zero attached hydrogens (tertiary/aromatic N) is 1. The smallest absolute Gasteiger partial charge is 0.159 e. The van der Waals surface area contributed by atoms with Crippen LogP contribution in [-0.2, 0) is 0 Å². The van der Waals surface area contributed by atoms with Crippen molar-refractivity contribution in [2.45, 2.75) is 0 Å². The number of furan rings is 1. The predicted molar refractivity (Wildman–Crippen MR) is 225 cm³/mol. The van der Waals surface area contributed by atoms with E-state index < -0.39 is 0 Å². The summed E-state index contributed by atoms with van der Waals surface area (Å²) in [4.78, 5) is 2.42. The molecule has 11 aromatic rings. The Kier molecular flexibility index (Phi) is 6.63. The topological polar surface area (TPSA) is 16.4 Å². The van der Waals surface area contributed by atoms with Crippen LogP contribution in [0.25, 0.3) is 84.5 Å². The summed E-state index contributed by atoms with van der Waals surface area (Å²) in [5.41, 5.74) is 9.70. The molecule has 0 fully saturated rings.